The van der Waals surface area contributed by atoms with Crippen LogP contribution in [0.2, 0.25) is 0 Å². The number of nitrogens with zero attached hydrogens (tertiary/aromatic N) is 1. The number of amides is 1. The van der Waals surface area contributed by atoms with Crippen LogP contribution in [-0.4, -0.2) is 10.9 Å². The number of benzene rings is 2. The van der Waals surface area contributed by atoms with Crippen LogP contribution in [0.4, 0.5) is 28.9 Å². The van der Waals surface area contributed by atoms with Gasteiger partial charge in [0.15, 0.2) is 0 Å². The second kappa shape index (κ2) is 8.08. The number of nitrogens with one attached hydrogen (secondary N) is 2. The normalized spacial score (nSPS) is 11.1. The molecular weight excluding hydrogens is 374 g/mol. The molecule has 0 aliphatic heterocycles. The van der Waals surface area contributed by atoms with Gasteiger partial charge in [0.2, 0.25) is 0 Å². The van der Waals surface area contributed by atoms with Crippen molar-refractivity contribution in [1.29, 1.82) is 0 Å². The molecule has 0 saturated heterocycles. The second-order valence-electron chi connectivity index (χ2n) is 5.97. The van der Waals surface area contributed by atoms with E-state index in [1.807, 2.05) is 0 Å². The summed E-state index contributed by atoms with van der Waals surface area (Å²) in [6.07, 6.45) is -1.70. The highest BCUT2D eigenvalue weighted by molar-refractivity contribution is 5.94. The molecule has 1 aromatic heterocycles. The Labute approximate surface area is 158 Å². The SMILES string of the molecule is O=C(NCc1ccc(F)cc1)c1cncc(Nc2cccc(C(F)(F)F)c2)c1. The van der Waals surface area contributed by atoms with Gasteiger partial charge >= 0.3 is 6.18 Å². The van der Waals surface area contributed by atoms with Crippen LogP contribution in [0, 0.1) is 5.82 Å². The minimum Gasteiger partial charge on any atom is -0.354 e. The van der Waals surface area contributed by atoms with E-state index in [0.29, 0.717) is 5.69 Å². The van der Waals surface area contributed by atoms with Crippen LogP contribution in [0.5, 0.6) is 0 Å². The average molecular weight is 389 g/mol. The van der Waals surface area contributed by atoms with Crippen LogP contribution in [0.25, 0.3) is 0 Å². The van der Waals surface area contributed by atoms with E-state index in [4.69, 9.17) is 0 Å². The molecule has 0 unspecified atom stereocenters. The predicted molar refractivity (Wildman–Crippen MR) is 96.5 cm³/mol. The van der Waals surface area contributed by atoms with Crippen LogP contribution < -0.4 is 10.6 Å². The molecule has 8 heteroatoms. The number of anilines is 2. The van der Waals surface area contributed by atoms with Crippen molar-refractivity contribution in [3.8, 4) is 0 Å². The van der Waals surface area contributed by atoms with Gasteiger partial charge in [-0.05, 0) is 42.0 Å². The van der Waals surface area contributed by atoms with Gasteiger partial charge in [0, 0.05) is 18.4 Å². The van der Waals surface area contributed by atoms with Gasteiger partial charge < -0.3 is 10.6 Å². The van der Waals surface area contributed by atoms with E-state index in [0.717, 1.165) is 17.7 Å². The zero-order chi connectivity index (χ0) is 20.1. The first-order valence-corrected chi connectivity index (χ1v) is 8.23. The van der Waals surface area contributed by atoms with Crippen LogP contribution in [-0.2, 0) is 12.7 Å². The molecule has 0 bridgehead atoms. The van der Waals surface area contributed by atoms with Crippen molar-refractivity contribution in [3.63, 3.8) is 0 Å². The molecule has 0 saturated carbocycles. The Balaban J connectivity index is 1.68. The number of hydrogen-bond donors (Lipinski definition) is 2. The number of hydrogen-bond acceptors (Lipinski definition) is 3. The van der Waals surface area contributed by atoms with E-state index in [1.165, 1.54) is 42.7 Å². The molecule has 0 fully saturated rings. The number of carbonyl (C=O) groups is 1. The number of alkyl halides is 3. The van der Waals surface area contributed by atoms with E-state index >= 15 is 0 Å². The van der Waals surface area contributed by atoms with Crippen molar-refractivity contribution < 1.29 is 22.4 Å². The highest BCUT2D eigenvalue weighted by Crippen LogP contribution is 2.31. The minimum absolute atomic E-state index is 0.199. The van der Waals surface area contributed by atoms with Gasteiger partial charge in [-0.15, -0.1) is 0 Å². The van der Waals surface area contributed by atoms with Crippen molar-refractivity contribution in [2.75, 3.05) is 5.32 Å². The third-order valence-corrected chi connectivity index (χ3v) is 3.85. The molecule has 1 heterocycles. The molecule has 1 amide bonds. The summed E-state index contributed by atoms with van der Waals surface area (Å²) in [6, 6.07) is 11.9. The Morgan fingerprint density at radius 1 is 0.964 bits per heavy atom. The average Bonchev–Trinajstić information content (AvgIpc) is 2.67. The Morgan fingerprint density at radius 2 is 1.71 bits per heavy atom. The Bertz CT molecular complexity index is 972. The summed E-state index contributed by atoms with van der Waals surface area (Å²) in [7, 11) is 0. The van der Waals surface area contributed by atoms with Crippen molar-refractivity contribution in [2.24, 2.45) is 0 Å². The summed E-state index contributed by atoms with van der Waals surface area (Å²) in [4.78, 5) is 16.2. The Hall–Kier alpha value is -3.42. The number of rotatable bonds is 5. The molecule has 0 radical (unpaired) electrons. The lowest BCUT2D eigenvalue weighted by Crippen LogP contribution is -2.23. The number of carbonyl (C=O) groups excluding carboxylic acids is 1. The first kappa shape index (κ1) is 19.3. The van der Waals surface area contributed by atoms with E-state index in [-0.39, 0.29) is 23.6 Å². The van der Waals surface area contributed by atoms with E-state index in [9.17, 15) is 22.4 Å². The van der Waals surface area contributed by atoms with E-state index in [1.54, 1.807) is 12.1 Å². The smallest absolute Gasteiger partial charge is 0.354 e. The zero-order valence-corrected chi connectivity index (χ0v) is 14.4. The van der Waals surface area contributed by atoms with Crippen LogP contribution >= 0.6 is 0 Å². The fourth-order valence-electron chi connectivity index (χ4n) is 2.46. The molecule has 0 aliphatic rings. The molecule has 3 rings (SSSR count). The number of halogens is 4. The van der Waals surface area contributed by atoms with Crippen molar-refractivity contribution in [3.05, 3.63) is 89.5 Å². The summed E-state index contributed by atoms with van der Waals surface area (Å²) >= 11 is 0. The van der Waals surface area contributed by atoms with Gasteiger partial charge in [-0.1, -0.05) is 18.2 Å². The predicted octanol–water partition coefficient (Wildman–Crippen LogP) is 4.91. The van der Waals surface area contributed by atoms with Gasteiger partial charge in [-0.3, -0.25) is 9.78 Å². The number of pyridine rings is 1. The van der Waals surface area contributed by atoms with Crippen molar-refractivity contribution in [2.45, 2.75) is 12.7 Å². The molecule has 0 atom stereocenters. The summed E-state index contributed by atoms with van der Waals surface area (Å²) in [5, 5.41) is 5.48. The Kier molecular flexibility index (Phi) is 5.58. The first-order valence-electron chi connectivity index (χ1n) is 8.23. The summed E-state index contributed by atoms with van der Waals surface area (Å²) < 4.78 is 51.3. The third kappa shape index (κ3) is 5.06. The highest BCUT2D eigenvalue weighted by atomic mass is 19.4. The fraction of sp³-hybridized carbons (Fsp3) is 0.100. The molecule has 2 aromatic carbocycles. The minimum atomic E-state index is -4.45. The number of aromatic nitrogens is 1. The molecule has 0 spiro atoms. The topological polar surface area (TPSA) is 54.0 Å². The third-order valence-electron chi connectivity index (χ3n) is 3.85. The van der Waals surface area contributed by atoms with Gasteiger partial charge in [0.1, 0.15) is 5.82 Å². The maximum atomic E-state index is 12.9. The first-order chi connectivity index (χ1) is 13.3. The van der Waals surface area contributed by atoms with E-state index < -0.39 is 17.6 Å². The van der Waals surface area contributed by atoms with Gasteiger partial charge in [0.05, 0.1) is 23.0 Å². The van der Waals surface area contributed by atoms with Crippen LogP contribution in [0.15, 0.2) is 67.0 Å². The maximum Gasteiger partial charge on any atom is 0.416 e. The van der Waals surface area contributed by atoms with Gasteiger partial charge in [-0.25, -0.2) is 4.39 Å². The molecule has 3 aromatic rings. The summed E-state index contributed by atoms with van der Waals surface area (Å²) in [6.45, 7) is 0.199. The monoisotopic (exact) mass is 389 g/mol. The largest absolute Gasteiger partial charge is 0.416 e. The molecule has 0 aliphatic carbocycles. The fourth-order valence-corrected chi connectivity index (χ4v) is 2.46. The lowest BCUT2D eigenvalue weighted by Gasteiger charge is -2.11. The summed E-state index contributed by atoms with van der Waals surface area (Å²) in [5.74, 6) is -0.780. The van der Waals surface area contributed by atoms with Crippen molar-refractivity contribution in [1.82, 2.24) is 10.3 Å². The molecule has 2 N–H and O–H groups in total. The highest BCUT2D eigenvalue weighted by Gasteiger charge is 2.30. The summed E-state index contributed by atoms with van der Waals surface area (Å²) in [5.41, 5.74) is 0.771. The molecule has 28 heavy (non-hydrogen) atoms. The molecule has 4 nitrogen and oxygen atoms in total. The van der Waals surface area contributed by atoms with Gasteiger partial charge in [-0.2, -0.15) is 13.2 Å². The molecular formula is C20H15F4N3O. The lowest BCUT2D eigenvalue weighted by molar-refractivity contribution is -0.137. The van der Waals surface area contributed by atoms with Crippen molar-refractivity contribution >= 4 is 17.3 Å². The second-order valence-corrected chi connectivity index (χ2v) is 5.97. The maximum absolute atomic E-state index is 12.9. The lowest BCUT2D eigenvalue weighted by atomic mass is 10.2. The Morgan fingerprint density at radius 3 is 2.43 bits per heavy atom. The molecule has 144 valence electrons. The standard InChI is InChI=1S/C20H15F4N3O/c21-16-6-4-13(5-7-16)10-26-19(28)14-8-18(12-25-11-14)27-17-3-1-2-15(9-17)20(22,23)24/h1-9,11-12,27H,10H2,(H,26,28). The van der Waals surface area contributed by atoms with Crippen LogP contribution in [0.1, 0.15) is 21.5 Å². The quantitative estimate of drug-likeness (QED) is 0.610. The van der Waals surface area contributed by atoms with Gasteiger partial charge in [0.25, 0.3) is 5.91 Å². The van der Waals surface area contributed by atoms with E-state index in [2.05, 4.69) is 15.6 Å². The van der Waals surface area contributed by atoms with Crippen LogP contribution in [0.3, 0.4) is 0 Å². The zero-order valence-electron chi connectivity index (χ0n) is 14.4.